The van der Waals surface area contributed by atoms with Gasteiger partial charge in [-0.3, -0.25) is 0 Å². The van der Waals surface area contributed by atoms with Gasteiger partial charge in [0.05, 0.1) is 12.6 Å². The lowest BCUT2D eigenvalue weighted by Crippen LogP contribution is -2.32. The Morgan fingerprint density at radius 1 is 1.18 bits per heavy atom. The minimum absolute atomic E-state index is 0.229. The van der Waals surface area contributed by atoms with Crippen LogP contribution in [-0.2, 0) is 17.9 Å². The third kappa shape index (κ3) is 2.49. The van der Waals surface area contributed by atoms with Crippen LogP contribution in [0.4, 0.5) is 0 Å². The van der Waals surface area contributed by atoms with Gasteiger partial charge in [-0.15, -0.1) is 0 Å². The molecule has 1 atom stereocenters. The monoisotopic (exact) mass is 294 g/mol. The van der Waals surface area contributed by atoms with Crippen molar-refractivity contribution in [3.05, 3.63) is 60.0 Å². The average molecular weight is 294 g/mol. The molecule has 0 bridgehead atoms. The number of pyridine rings is 1. The molecule has 1 aliphatic heterocycles. The third-order valence-electron chi connectivity index (χ3n) is 3.98. The predicted octanol–water partition coefficient (Wildman–Crippen LogP) is 2.29. The van der Waals surface area contributed by atoms with Crippen LogP contribution < -0.4 is 5.32 Å². The van der Waals surface area contributed by atoms with E-state index in [9.17, 15) is 0 Å². The molecule has 0 spiro atoms. The number of fused-ring (bicyclic) bond motifs is 3. The molecule has 0 saturated carbocycles. The van der Waals surface area contributed by atoms with Crippen LogP contribution in [0.3, 0.4) is 0 Å². The lowest BCUT2D eigenvalue weighted by molar-refractivity contribution is 0.0561. The first-order chi connectivity index (χ1) is 10.9. The number of rotatable bonds is 4. The summed E-state index contributed by atoms with van der Waals surface area (Å²) in [6, 6.07) is 14.6. The molecule has 3 aromatic rings. The van der Waals surface area contributed by atoms with E-state index in [4.69, 9.17) is 4.74 Å². The van der Waals surface area contributed by atoms with E-state index in [1.807, 2.05) is 24.4 Å². The Morgan fingerprint density at radius 3 is 3.00 bits per heavy atom. The second-order valence-electron chi connectivity index (χ2n) is 5.53. The van der Waals surface area contributed by atoms with Gasteiger partial charge in [-0.1, -0.05) is 30.3 Å². The van der Waals surface area contributed by atoms with Gasteiger partial charge in [0.1, 0.15) is 17.9 Å². The van der Waals surface area contributed by atoms with Crippen molar-refractivity contribution in [1.29, 1.82) is 0 Å². The molecule has 5 heteroatoms. The predicted molar refractivity (Wildman–Crippen MR) is 84.4 cm³/mol. The number of hydrogen-bond donors (Lipinski definition) is 1. The number of benzene rings is 1. The van der Waals surface area contributed by atoms with Gasteiger partial charge < -0.3 is 14.6 Å². The van der Waals surface area contributed by atoms with Gasteiger partial charge in [0, 0.05) is 19.3 Å². The molecule has 0 radical (unpaired) electrons. The van der Waals surface area contributed by atoms with E-state index < -0.39 is 0 Å². The van der Waals surface area contributed by atoms with Gasteiger partial charge in [-0.2, -0.15) is 0 Å². The molecule has 22 heavy (non-hydrogen) atoms. The third-order valence-corrected chi connectivity index (χ3v) is 3.98. The van der Waals surface area contributed by atoms with Crippen LogP contribution in [0.1, 0.15) is 17.4 Å². The zero-order valence-corrected chi connectivity index (χ0v) is 12.3. The molecule has 5 nitrogen and oxygen atoms in total. The Morgan fingerprint density at radius 2 is 2.09 bits per heavy atom. The van der Waals surface area contributed by atoms with Crippen LogP contribution >= 0.6 is 0 Å². The lowest BCUT2D eigenvalue weighted by Gasteiger charge is -2.26. The molecule has 0 fully saturated rings. The maximum Gasteiger partial charge on any atom is 0.160 e. The van der Waals surface area contributed by atoms with Gasteiger partial charge in [-0.25, -0.2) is 9.97 Å². The van der Waals surface area contributed by atoms with Crippen LogP contribution in [-0.4, -0.2) is 27.7 Å². The Hall–Kier alpha value is -2.24. The van der Waals surface area contributed by atoms with E-state index in [1.54, 1.807) is 0 Å². The van der Waals surface area contributed by atoms with Crippen molar-refractivity contribution in [2.24, 2.45) is 0 Å². The molecular formula is C17H18N4O. The molecule has 4 rings (SSSR count). The zero-order valence-electron chi connectivity index (χ0n) is 12.3. The second-order valence-corrected chi connectivity index (χ2v) is 5.53. The first-order valence-corrected chi connectivity index (χ1v) is 7.56. The molecule has 0 saturated heterocycles. The van der Waals surface area contributed by atoms with Crippen LogP contribution in [0.5, 0.6) is 0 Å². The Bertz CT molecular complexity index is 769. The Kier molecular flexibility index (Phi) is 3.58. The number of imidazole rings is 1. The molecule has 3 heterocycles. The molecule has 0 aliphatic carbocycles. The summed E-state index contributed by atoms with van der Waals surface area (Å²) in [5.74, 6) is 0.964. The Labute approximate surface area is 129 Å². The fraction of sp³-hybridized carbons (Fsp3) is 0.294. The molecule has 1 unspecified atom stereocenters. The van der Waals surface area contributed by atoms with Crippen LogP contribution in [0.15, 0.2) is 48.7 Å². The molecular weight excluding hydrogens is 276 g/mol. The van der Waals surface area contributed by atoms with E-state index in [0.717, 1.165) is 30.1 Å². The highest BCUT2D eigenvalue weighted by molar-refractivity contribution is 5.71. The van der Waals surface area contributed by atoms with Crippen molar-refractivity contribution in [3.8, 4) is 0 Å². The zero-order chi connectivity index (χ0) is 14.8. The van der Waals surface area contributed by atoms with Crippen molar-refractivity contribution in [2.45, 2.75) is 19.2 Å². The SMILES string of the molecule is c1ccc(CNCC2COCc3nc4cccnc4n32)cc1. The highest BCUT2D eigenvalue weighted by Crippen LogP contribution is 2.24. The highest BCUT2D eigenvalue weighted by atomic mass is 16.5. The minimum atomic E-state index is 0.229. The fourth-order valence-electron chi connectivity index (χ4n) is 2.95. The van der Waals surface area contributed by atoms with Crippen molar-refractivity contribution in [3.63, 3.8) is 0 Å². The van der Waals surface area contributed by atoms with Crippen LogP contribution in [0, 0.1) is 0 Å². The number of nitrogens with zero attached hydrogens (tertiary/aromatic N) is 3. The fourth-order valence-corrected chi connectivity index (χ4v) is 2.95. The van der Waals surface area contributed by atoms with Gasteiger partial charge in [-0.05, 0) is 17.7 Å². The molecule has 0 amide bonds. The summed E-state index contributed by atoms with van der Waals surface area (Å²) in [6.07, 6.45) is 1.82. The first kappa shape index (κ1) is 13.4. The van der Waals surface area contributed by atoms with Gasteiger partial charge in [0.15, 0.2) is 5.65 Å². The van der Waals surface area contributed by atoms with Gasteiger partial charge in [0.25, 0.3) is 0 Å². The first-order valence-electron chi connectivity index (χ1n) is 7.56. The van der Waals surface area contributed by atoms with E-state index in [-0.39, 0.29) is 6.04 Å². The number of hydrogen-bond acceptors (Lipinski definition) is 4. The largest absolute Gasteiger partial charge is 0.371 e. The number of nitrogens with one attached hydrogen (secondary N) is 1. The topological polar surface area (TPSA) is 52.0 Å². The quantitative estimate of drug-likeness (QED) is 0.802. The van der Waals surface area contributed by atoms with Crippen LogP contribution in [0.25, 0.3) is 11.2 Å². The molecule has 1 aliphatic rings. The molecule has 1 aromatic carbocycles. The number of aromatic nitrogens is 3. The maximum atomic E-state index is 5.69. The van der Waals surface area contributed by atoms with E-state index in [1.165, 1.54) is 5.56 Å². The molecule has 112 valence electrons. The van der Waals surface area contributed by atoms with Gasteiger partial charge >= 0.3 is 0 Å². The second kappa shape index (κ2) is 5.87. The van der Waals surface area contributed by atoms with E-state index in [0.29, 0.717) is 13.2 Å². The maximum absolute atomic E-state index is 5.69. The standard InChI is InChI=1S/C17H18N4O/c1-2-5-13(6-3-1)9-18-10-14-11-22-12-16-20-15-7-4-8-19-17(15)21(14)16/h1-8,14,18H,9-12H2. The van der Waals surface area contributed by atoms with E-state index in [2.05, 4.69) is 44.1 Å². The highest BCUT2D eigenvalue weighted by Gasteiger charge is 2.24. The van der Waals surface area contributed by atoms with E-state index >= 15 is 0 Å². The summed E-state index contributed by atoms with van der Waals surface area (Å²) in [5.41, 5.74) is 3.18. The van der Waals surface area contributed by atoms with Crippen molar-refractivity contribution in [1.82, 2.24) is 19.9 Å². The summed E-state index contributed by atoms with van der Waals surface area (Å²) in [4.78, 5) is 9.11. The average Bonchev–Trinajstić information content (AvgIpc) is 2.95. The summed E-state index contributed by atoms with van der Waals surface area (Å²) < 4.78 is 7.91. The summed E-state index contributed by atoms with van der Waals surface area (Å²) in [5, 5.41) is 3.51. The Balaban J connectivity index is 1.52. The lowest BCUT2D eigenvalue weighted by atomic mass is 10.2. The summed E-state index contributed by atoms with van der Waals surface area (Å²) in [6.45, 7) is 2.94. The van der Waals surface area contributed by atoms with Crippen molar-refractivity contribution < 1.29 is 4.74 Å². The smallest absolute Gasteiger partial charge is 0.160 e. The van der Waals surface area contributed by atoms with Crippen molar-refractivity contribution >= 4 is 11.2 Å². The molecule has 1 N–H and O–H groups in total. The molecule has 2 aromatic heterocycles. The summed E-state index contributed by atoms with van der Waals surface area (Å²) in [7, 11) is 0. The van der Waals surface area contributed by atoms with Gasteiger partial charge in [0.2, 0.25) is 0 Å². The van der Waals surface area contributed by atoms with Crippen molar-refractivity contribution in [2.75, 3.05) is 13.2 Å². The summed E-state index contributed by atoms with van der Waals surface area (Å²) >= 11 is 0. The van der Waals surface area contributed by atoms with Crippen LogP contribution in [0.2, 0.25) is 0 Å². The normalized spacial score (nSPS) is 17.5. The number of ether oxygens (including phenoxy) is 1. The minimum Gasteiger partial charge on any atom is -0.371 e.